The molecule has 3 aromatic carbocycles. The van der Waals surface area contributed by atoms with Crippen molar-refractivity contribution in [1.29, 1.82) is 0 Å². The highest BCUT2D eigenvalue weighted by molar-refractivity contribution is 6.00. The topological polar surface area (TPSA) is 9.23 Å². The van der Waals surface area contributed by atoms with Crippen LogP contribution in [0.15, 0.2) is 48.5 Å². The Balaban J connectivity index is 2.06. The molecule has 1 nitrogen and oxygen atoms in total. The average molecular weight is 302 g/mol. The van der Waals surface area contributed by atoms with E-state index in [1.165, 1.54) is 52.3 Å². The maximum absolute atomic E-state index is 5.73. The third-order valence-electron chi connectivity index (χ3n) is 5.08. The van der Waals surface area contributed by atoms with Crippen LogP contribution in [0.3, 0.4) is 0 Å². The predicted molar refractivity (Wildman–Crippen MR) is 97.3 cm³/mol. The van der Waals surface area contributed by atoms with E-state index in [1.54, 1.807) is 12.7 Å². The van der Waals surface area contributed by atoms with Crippen LogP contribution >= 0.6 is 0 Å². The molecule has 0 heterocycles. The van der Waals surface area contributed by atoms with Gasteiger partial charge in [0.15, 0.2) is 0 Å². The molecule has 116 valence electrons. The highest BCUT2D eigenvalue weighted by Gasteiger charge is 2.18. The summed E-state index contributed by atoms with van der Waals surface area (Å²) in [5.41, 5.74) is 7.09. The summed E-state index contributed by atoms with van der Waals surface area (Å²) in [5, 5.41) is 2.55. The molecule has 0 bridgehead atoms. The van der Waals surface area contributed by atoms with Gasteiger partial charge in [0.2, 0.25) is 0 Å². The largest absolute Gasteiger partial charge is 0.496 e. The van der Waals surface area contributed by atoms with Crippen LogP contribution in [0, 0.1) is 0 Å². The van der Waals surface area contributed by atoms with Crippen molar-refractivity contribution in [2.75, 3.05) is 7.11 Å². The van der Waals surface area contributed by atoms with Gasteiger partial charge in [0.25, 0.3) is 0 Å². The highest BCUT2D eigenvalue weighted by Crippen LogP contribution is 2.41. The van der Waals surface area contributed by atoms with E-state index in [4.69, 9.17) is 4.74 Å². The third kappa shape index (κ3) is 2.31. The number of benzene rings is 3. The molecule has 0 spiro atoms. The highest BCUT2D eigenvalue weighted by atomic mass is 16.5. The van der Waals surface area contributed by atoms with Gasteiger partial charge in [-0.1, -0.05) is 49.4 Å². The van der Waals surface area contributed by atoms with Crippen molar-refractivity contribution < 1.29 is 4.74 Å². The fraction of sp³-hybridized carbons (Fsp3) is 0.273. The second-order valence-electron chi connectivity index (χ2n) is 6.35. The van der Waals surface area contributed by atoms with Gasteiger partial charge < -0.3 is 4.74 Å². The lowest BCUT2D eigenvalue weighted by Crippen LogP contribution is -1.96. The van der Waals surface area contributed by atoms with Crippen LogP contribution < -0.4 is 4.74 Å². The lowest BCUT2D eigenvalue weighted by Gasteiger charge is -2.17. The standard InChI is InChI=1S/C22H22O/c1-3-15-13-17-8-6-9-18(17)14-20(15)22-19-10-5-4-7-16(19)11-12-21(22)23-2/h4-5,7,10-14H,3,6,8-9H2,1-2H3. The molecule has 0 N–H and O–H groups in total. The summed E-state index contributed by atoms with van der Waals surface area (Å²) in [6.45, 7) is 2.25. The minimum atomic E-state index is 0.969. The van der Waals surface area contributed by atoms with Crippen LogP contribution in [0.1, 0.15) is 30.0 Å². The van der Waals surface area contributed by atoms with E-state index in [0.29, 0.717) is 0 Å². The molecule has 23 heavy (non-hydrogen) atoms. The Morgan fingerprint density at radius 3 is 2.52 bits per heavy atom. The molecule has 0 amide bonds. The normalized spacial score (nSPS) is 13.3. The molecule has 1 aliphatic carbocycles. The molecule has 0 atom stereocenters. The number of hydrogen-bond acceptors (Lipinski definition) is 1. The van der Waals surface area contributed by atoms with Gasteiger partial charge in [0, 0.05) is 5.56 Å². The lowest BCUT2D eigenvalue weighted by atomic mass is 9.90. The van der Waals surface area contributed by atoms with Crippen LogP contribution in [0.4, 0.5) is 0 Å². The Kier molecular flexibility index (Phi) is 3.57. The van der Waals surface area contributed by atoms with Crippen LogP contribution in [0.2, 0.25) is 0 Å². The molecule has 0 aromatic heterocycles. The molecule has 0 radical (unpaired) electrons. The van der Waals surface area contributed by atoms with Crippen LogP contribution in [-0.4, -0.2) is 7.11 Å². The average Bonchev–Trinajstić information content (AvgIpc) is 3.06. The zero-order chi connectivity index (χ0) is 15.8. The summed E-state index contributed by atoms with van der Waals surface area (Å²) in [6.07, 6.45) is 4.78. The molecule has 0 fully saturated rings. The van der Waals surface area contributed by atoms with Gasteiger partial charge in [-0.25, -0.2) is 0 Å². The zero-order valence-corrected chi connectivity index (χ0v) is 13.9. The van der Waals surface area contributed by atoms with Crippen molar-refractivity contribution in [2.24, 2.45) is 0 Å². The molecule has 4 rings (SSSR count). The van der Waals surface area contributed by atoms with Crippen molar-refractivity contribution >= 4 is 10.8 Å². The summed E-state index contributed by atoms with van der Waals surface area (Å²) < 4.78 is 5.73. The maximum Gasteiger partial charge on any atom is 0.127 e. The van der Waals surface area contributed by atoms with Crippen molar-refractivity contribution in [1.82, 2.24) is 0 Å². The molecule has 0 aliphatic heterocycles. The van der Waals surface area contributed by atoms with Gasteiger partial charge >= 0.3 is 0 Å². The number of methoxy groups -OCH3 is 1. The van der Waals surface area contributed by atoms with Gasteiger partial charge in [0.05, 0.1) is 7.11 Å². The van der Waals surface area contributed by atoms with E-state index in [-0.39, 0.29) is 0 Å². The Bertz CT molecular complexity index is 877. The van der Waals surface area contributed by atoms with E-state index in [9.17, 15) is 0 Å². The summed E-state index contributed by atoms with van der Waals surface area (Å²) in [7, 11) is 1.77. The summed E-state index contributed by atoms with van der Waals surface area (Å²) in [5.74, 6) is 0.969. The van der Waals surface area contributed by atoms with E-state index < -0.39 is 0 Å². The Morgan fingerprint density at radius 2 is 1.74 bits per heavy atom. The second kappa shape index (κ2) is 5.73. The van der Waals surface area contributed by atoms with Crippen molar-refractivity contribution in [3.63, 3.8) is 0 Å². The summed E-state index contributed by atoms with van der Waals surface area (Å²) in [6, 6.07) is 17.7. The Labute approximate surface area is 137 Å². The van der Waals surface area contributed by atoms with E-state index in [2.05, 4.69) is 55.5 Å². The van der Waals surface area contributed by atoms with Gasteiger partial charge in [-0.3, -0.25) is 0 Å². The van der Waals surface area contributed by atoms with Crippen molar-refractivity contribution in [3.8, 4) is 16.9 Å². The quantitative estimate of drug-likeness (QED) is 0.615. The molecule has 0 saturated heterocycles. The number of hydrogen-bond donors (Lipinski definition) is 0. The first-order valence-electron chi connectivity index (χ1n) is 8.52. The minimum Gasteiger partial charge on any atom is -0.496 e. The smallest absolute Gasteiger partial charge is 0.127 e. The first-order chi connectivity index (χ1) is 11.3. The number of fused-ring (bicyclic) bond motifs is 2. The second-order valence-corrected chi connectivity index (χ2v) is 6.35. The molecule has 1 heteroatoms. The van der Waals surface area contributed by atoms with E-state index >= 15 is 0 Å². The fourth-order valence-corrected chi connectivity index (χ4v) is 3.90. The first kappa shape index (κ1) is 14.3. The van der Waals surface area contributed by atoms with Gasteiger partial charge in [-0.15, -0.1) is 0 Å². The van der Waals surface area contributed by atoms with Crippen LogP contribution in [0.5, 0.6) is 5.75 Å². The first-order valence-corrected chi connectivity index (χ1v) is 8.52. The molecular formula is C22H22O. The predicted octanol–water partition coefficient (Wildman–Crippen LogP) is 5.57. The van der Waals surface area contributed by atoms with Gasteiger partial charge in [-0.2, -0.15) is 0 Å². The SMILES string of the molecule is CCc1cc2c(cc1-c1c(OC)ccc3ccccc13)CCC2. The molecule has 0 saturated carbocycles. The Morgan fingerprint density at radius 1 is 0.957 bits per heavy atom. The number of rotatable bonds is 3. The van der Waals surface area contributed by atoms with E-state index in [1.807, 2.05) is 0 Å². The maximum atomic E-state index is 5.73. The van der Waals surface area contributed by atoms with Crippen molar-refractivity contribution in [3.05, 3.63) is 65.2 Å². The lowest BCUT2D eigenvalue weighted by molar-refractivity contribution is 0.417. The minimum absolute atomic E-state index is 0.969. The molecule has 0 unspecified atom stereocenters. The van der Waals surface area contributed by atoms with Gasteiger partial charge in [-0.05, 0) is 64.8 Å². The molecule has 3 aromatic rings. The van der Waals surface area contributed by atoms with Gasteiger partial charge in [0.1, 0.15) is 5.75 Å². The Hall–Kier alpha value is -2.28. The summed E-state index contributed by atoms with van der Waals surface area (Å²) >= 11 is 0. The van der Waals surface area contributed by atoms with E-state index in [0.717, 1.165) is 12.2 Å². The monoisotopic (exact) mass is 302 g/mol. The fourth-order valence-electron chi connectivity index (χ4n) is 3.90. The number of ether oxygens (including phenoxy) is 1. The number of aryl methyl sites for hydroxylation is 3. The molecule has 1 aliphatic rings. The molecular weight excluding hydrogens is 280 g/mol. The van der Waals surface area contributed by atoms with Crippen LogP contribution in [-0.2, 0) is 19.3 Å². The third-order valence-corrected chi connectivity index (χ3v) is 5.08. The van der Waals surface area contributed by atoms with Crippen LogP contribution in [0.25, 0.3) is 21.9 Å². The zero-order valence-electron chi connectivity index (χ0n) is 13.9. The summed E-state index contributed by atoms with van der Waals surface area (Å²) in [4.78, 5) is 0. The van der Waals surface area contributed by atoms with Crippen molar-refractivity contribution in [2.45, 2.75) is 32.6 Å².